The van der Waals surface area contributed by atoms with Crippen molar-refractivity contribution in [3.05, 3.63) is 59.4 Å². The summed E-state index contributed by atoms with van der Waals surface area (Å²) < 4.78 is 55.3. The molecule has 174 valence electrons. The fourth-order valence-corrected chi connectivity index (χ4v) is 5.07. The zero-order valence-electron chi connectivity index (χ0n) is 18.0. The molecule has 10 heteroatoms. The van der Waals surface area contributed by atoms with Crippen LogP contribution >= 0.6 is 0 Å². The molecular weight excluding hydrogens is 450 g/mol. The van der Waals surface area contributed by atoms with Crippen LogP contribution < -0.4 is 10.0 Å². The summed E-state index contributed by atoms with van der Waals surface area (Å²) in [6, 6.07) is 3.50. The van der Waals surface area contributed by atoms with Gasteiger partial charge in [0.05, 0.1) is 23.3 Å². The smallest absolute Gasteiger partial charge is 0.261 e. The van der Waals surface area contributed by atoms with Gasteiger partial charge in [0.15, 0.2) is 5.82 Å². The number of sulfonamides is 1. The third-order valence-electron chi connectivity index (χ3n) is 5.48. The Morgan fingerprint density at radius 3 is 2.79 bits per heavy atom. The number of nitrogens with zero attached hydrogens (tertiary/aromatic N) is 1. The van der Waals surface area contributed by atoms with E-state index in [0.29, 0.717) is 12.1 Å². The summed E-state index contributed by atoms with van der Waals surface area (Å²) in [5.41, 5.74) is 1.72. The zero-order chi connectivity index (χ0) is 23.6. The SMILES string of the molecule is CCCS(=O)(=O)Nc1ccc(F)c(C(=O)Nc2cnc3[nH]cc(C4=CCCCC4)c3c2)c1F. The Bertz CT molecular complexity index is 1350. The van der Waals surface area contributed by atoms with E-state index in [9.17, 15) is 22.0 Å². The fourth-order valence-electron chi connectivity index (χ4n) is 3.94. The molecule has 0 spiro atoms. The van der Waals surface area contributed by atoms with Crippen LogP contribution in [0.4, 0.5) is 20.2 Å². The minimum Gasteiger partial charge on any atom is -0.346 e. The van der Waals surface area contributed by atoms with Crippen molar-refractivity contribution in [3.8, 4) is 0 Å². The van der Waals surface area contributed by atoms with Crippen molar-refractivity contribution in [2.45, 2.75) is 39.0 Å². The Labute approximate surface area is 190 Å². The first kappa shape index (κ1) is 22.9. The van der Waals surface area contributed by atoms with Crippen molar-refractivity contribution in [1.29, 1.82) is 0 Å². The molecule has 3 N–H and O–H groups in total. The maximum Gasteiger partial charge on any atom is 0.261 e. The number of pyridine rings is 1. The molecule has 1 aliphatic rings. The summed E-state index contributed by atoms with van der Waals surface area (Å²) >= 11 is 0. The van der Waals surface area contributed by atoms with Gasteiger partial charge in [-0.25, -0.2) is 22.2 Å². The van der Waals surface area contributed by atoms with Gasteiger partial charge >= 0.3 is 0 Å². The van der Waals surface area contributed by atoms with Crippen LogP contribution in [-0.4, -0.2) is 30.0 Å². The summed E-state index contributed by atoms with van der Waals surface area (Å²) in [5.74, 6) is -3.66. The number of fused-ring (bicyclic) bond motifs is 1. The number of aromatic amines is 1. The maximum atomic E-state index is 14.9. The quantitative estimate of drug-likeness (QED) is 0.438. The van der Waals surface area contributed by atoms with Gasteiger partial charge in [0.2, 0.25) is 10.0 Å². The van der Waals surface area contributed by atoms with E-state index in [2.05, 4.69) is 26.1 Å². The van der Waals surface area contributed by atoms with E-state index in [4.69, 9.17) is 0 Å². The zero-order valence-corrected chi connectivity index (χ0v) is 18.9. The lowest BCUT2D eigenvalue weighted by Crippen LogP contribution is -2.20. The molecule has 7 nitrogen and oxygen atoms in total. The van der Waals surface area contributed by atoms with E-state index >= 15 is 0 Å². The lowest BCUT2D eigenvalue weighted by Gasteiger charge is -2.13. The van der Waals surface area contributed by atoms with Gasteiger partial charge in [0, 0.05) is 17.1 Å². The topological polar surface area (TPSA) is 104 Å². The van der Waals surface area contributed by atoms with Crippen LogP contribution in [0.1, 0.15) is 54.9 Å². The average Bonchev–Trinajstić information content (AvgIpc) is 3.19. The van der Waals surface area contributed by atoms with E-state index in [1.807, 2.05) is 6.20 Å². The molecule has 3 aromatic rings. The Morgan fingerprint density at radius 1 is 1.24 bits per heavy atom. The number of halogens is 2. The molecule has 0 aliphatic heterocycles. The second-order valence-electron chi connectivity index (χ2n) is 7.96. The molecule has 1 amide bonds. The number of rotatable bonds is 7. The summed E-state index contributed by atoms with van der Waals surface area (Å²) in [6.45, 7) is 1.66. The fraction of sp³-hybridized carbons (Fsp3) is 0.304. The van der Waals surface area contributed by atoms with E-state index in [1.54, 1.807) is 13.0 Å². The first-order chi connectivity index (χ1) is 15.8. The number of nitrogens with one attached hydrogen (secondary N) is 3. The van der Waals surface area contributed by atoms with Crippen molar-refractivity contribution in [2.75, 3.05) is 15.8 Å². The molecule has 1 aliphatic carbocycles. The second kappa shape index (κ2) is 9.30. The number of H-pyrrole nitrogens is 1. The summed E-state index contributed by atoms with van der Waals surface area (Å²) in [6.07, 6.45) is 9.95. The Kier molecular flexibility index (Phi) is 6.46. The molecule has 0 saturated carbocycles. The van der Waals surface area contributed by atoms with Gasteiger partial charge in [0.25, 0.3) is 5.91 Å². The van der Waals surface area contributed by atoms with E-state index in [-0.39, 0.29) is 11.4 Å². The van der Waals surface area contributed by atoms with Crippen LogP contribution in [0.25, 0.3) is 16.6 Å². The molecule has 4 rings (SSSR count). The van der Waals surface area contributed by atoms with E-state index in [0.717, 1.165) is 48.8 Å². The first-order valence-corrected chi connectivity index (χ1v) is 12.4. The highest BCUT2D eigenvalue weighted by molar-refractivity contribution is 7.92. The van der Waals surface area contributed by atoms with E-state index in [1.165, 1.54) is 11.8 Å². The summed E-state index contributed by atoms with van der Waals surface area (Å²) in [7, 11) is -3.82. The van der Waals surface area contributed by atoms with Gasteiger partial charge < -0.3 is 10.3 Å². The number of aromatic nitrogens is 2. The molecule has 2 heterocycles. The normalized spacial score (nSPS) is 14.2. The standard InChI is InChI=1S/C23H24F2N4O3S/c1-2-10-33(31,32)29-19-9-8-18(24)20(21(19)25)23(30)28-15-11-16-17(13-27-22(16)26-12-15)14-6-4-3-5-7-14/h6,8-9,11-13,29H,2-5,7,10H2,1H3,(H,26,27)(H,28,30). The lowest BCUT2D eigenvalue weighted by molar-refractivity contribution is 0.101. The second-order valence-corrected chi connectivity index (χ2v) is 9.80. The predicted octanol–water partition coefficient (Wildman–Crippen LogP) is 5.20. The first-order valence-electron chi connectivity index (χ1n) is 10.8. The van der Waals surface area contributed by atoms with Crippen LogP contribution in [-0.2, 0) is 10.0 Å². The number of allylic oxidation sites excluding steroid dienone is 2. The minimum absolute atomic E-state index is 0.230. The number of carbonyl (C=O) groups excluding carboxylic acids is 1. The summed E-state index contributed by atoms with van der Waals surface area (Å²) in [5, 5.41) is 3.27. The number of anilines is 2. The summed E-state index contributed by atoms with van der Waals surface area (Å²) in [4.78, 5) is 20.1. The molecule has 1 aromatic carbocycles. The average molecular weight is 475 g/mol. The third kappa shape index (κ3) is 4.90. The van der Waals surface area contributed by atoms with Crippen molar-refractivity contribution < 1.29 is 22.0 Å². The van der Waals surface area contributed by atoms with Gasteiger partial charge in [-0.05, 0) is 55.9 Å². The number of carbonyl (C=O) groups is 1. The van der Waals surface area contributed by atoms with Crippen LogP contribution in [0.3, 0.4) is 0 Å². The lowest BCUT2D eigenvalue weighted by atomic mass is 9.94. The molecule has 0 atom stereocenters. The largest absolute Gasteiger partial charge is 0.346 e. The highest BCUT2D eigenvalue weighted by Crippen LogP contribution is 2.32. The Hall–Kier alpha value is -3.27. The van der Waals surface area contributed by atoms with Gasteiger partial charge in [-0.1, -0.05) is 13.0 Å². The number of hydrogen-bond acceptors (Lipinski definition) is 4. The van der Waals surface area contributed by atoms with Crippen LogP contribution in [0.15, 0.2) is 36.7 Å². The highest BCUT2D eigenvalue weighted by Gasteiger charge is 2.23. The van der Waals surface area contributed by atoms with Gasteiger partial charge in [-0.15, -0.1) is 0 Å². The minimum atomic E-state index is -3.82. The van der Waals surface area contributed by atoms with Crippen molar-refractivity contribution in [2.24, 2.45) is 0 Å². The number of benzene rings is 1. The number of hydrogen-bond donors (Lipinski definition) is 3. The predicted molar refractivity (Wildman–Crippen MR) is 125 cm³/mol. The van der Waals surface area contributed by atoms with Crippen molar-refractivity contribution in [3.63, 3.8) is 0 Å². The Balaban J connectivity index is 1.63. The molecule has 0 fully saturated rings. The van der Waals surface area contributed by atoms with Gasteiger partial charge in [0.1, 0.15) is 17.0 Å². The molecule has 0 unspecified atom stereocenters. The number of amides is 1. The maximum absolute atomic E-state index is 14.9. The van der Waals surface area contributed by atoms with Crippen LogP contribution in [0.5, 0.6) is 0 Å². The van der Waals surface area contributed by atoms with Crippen LogP contribution in [0.2, 0.25) is 0 Å². The van der Waals surface area contributed by atoms with Crippen molar-refractivity contribution >= 4 is 43.9 Å². The molecule has 0 radical (unpaired) electrons. The third-order valence-corrected chi connectivity index (χ3v) is 6.96. The van der Waals surface area contributed by atoms with Crippen molar-refractivity contribution in [1.82, 2.24) is 9.97 Å². The molecular formula is C23H24F2N4O3S. The van der Waals surface area contributed by atoms with Gasteiger partial charge in [-0.3, -0.25) is 9.52 Å². The highest BCUT2D eigenvalue weighted by atomic mass is 32.2. The van der Waals surface area contributed by atoms with E-state index < -0.39 is 38.8 Å². The monoisotopic (exact) mass is 474 g/mol. The molecule has 0 bridgehead atoms. The Morgan fingerprint density at radius 2 is 2.06 bits per heavy atom. The van der Waals surface area contributed by atoms with Gasteiger partial charge in [-0.2, -0.15) is 0 Å². The molecule has 2 aromatic heterocycles. The van der Waals surface area contributed by atoms with Crippen LogP contribution in [0, 0.1) is 11.6 Å². The molecule has 33 heavy (non-hydrogen) atoms. The molecule has 0 saturated heterocycles.